The molecule has 0 aliphatic rings. The Morgan fingerprint density at radius 1 is 1.41 bits per heavy atom. The molecule has 0 radical (unpaired) electrons. The van der Waals surface area contributed by atoms with Crippen molar-refractivity contribution in [3.63, 3.8) is 0 Å². The van der Waals surface area contributed by atoms with Crippen LogP contribution in [0.3, 0.4) is 0 Å². The van der Waals surface area contributed by atoms with E-state index in [1.54, 1.807) is 7.11 Å². The molecule has 0 fully saturated rings. The molecule has 0 bridgehead atoms. The van der Waals surface area contributed by atoms with Crippen LogP contribution in [0.4, 0.5) is 0 Å². The summed E-state index contributed by atoms with van der Waals surface area (Å²) in [6, 6.07) is 9.84. The Kier molecular flexibility index (Phi) is 6.29. The Balaban J connectivity index is 2.40. The molecule has 94 valence electrons. The zero-order valence-electron chi connectivity index (χ0n) is 10.2. The normalized spacial score (nSPS) is 12.1. The van der Waals surface area contributed by atoms with Gasteiger partial charge in [0.05, 0.1) is 6.10 Å². The number of hydrogen-bond acceptors (Lipinski definition) is 3. The molecule has 0 heterocycles. The van der Waals surface area contributed by atoms with Gasteiger partial charge in [-0.25, -0.2) is 0 Å². The molecule has 3 N–H and O–H groups in total. The maximum absolute atomic E-state index is 11.4. The minimum absolute atomic E-state index is 0.0217. The lowest BCUT2D eigenvalue weighted by molar-refractivity contribution is -0.121. The molecule has 4 heteroatoms. The number of rotatable bonds is 7. The van der Waals surface area contributed by atoms with Crippen molar-refractivity contribution in [1.82, 2.24) is 5.32 Å². The number of methoxy groups -OCH3 is 1. The second-order valence-corrected chi connectivity index (χ2v) is 3.83. The van der Waals surface area contributed by atoms with Gasteiger partial charge in [-0.3, -0.25) is 4.79 Å². The average Bonchev–Trinajstić information content (AvgIpc) is 2.38. The summed E-state index contributed by atoms with van der Waals surface area (Å²) in [4.78, 5) is 11.4. The molecule has 0 aliphatic heterocycles. The predicted molar refractivity (Wildman–Crippen MR) is 67.5 cm³/mol. The van der Waals surface area contributed by atoms with Crippen molar-refractivity contribution in [2.45, 2.75) is 18.9 Å². The van der Waals surface area contributed by atoms with Gasteiger partial charge < -0.3 is 15.8 Å². The van der Waals surface area contributed by atoms with Gasteiger partial charge >= 0.3 is 0 Å². The van der Waals surface area contributed by atoms with Crippen LogP contribution in [-0.4, -0.2) is 26.1 Å². The topological polar surface area (TPSA) is 64.3 Å². The standard InChI is InChI=1S/C13H20N2O2/c1-17-12(11-6-3-2-4-7-11)10-15-13(16)8-5-9-14/h2-4,6-7,12H,5,8-10,14H2,1H3,(H,15,16). The largest absolute Gasteiger partial charge is 0.375 e. The van der Waals surface area contributed by atoms with Crippen LogP contribution in [-0.2, 0) is 9.53 Å². The summed E-state index contributed by atoms with van der Waals surface area (Å²) in [6.07, 6.45) is 1.09. The number of nitrogens with two attached hydrogens (primary N) is 1. The molecule has 17 heavy (non-hydrogen) atoms. The molecule has 1 atom stereocenters. The highest BCUT2D eigenvalue weighted by molar-refractivity contribution is 5.75. The number of nitrogens with one attached hydrogen (secondary N) is 1. The van der Waals surface area contributed by atoms with Crippen LogP contribution in [0, 0.1) is 0 Å². The molecular formula is C13H20N2O2. The lowest BCUT2D eigenvalue weighted by Crippen LogP contribution is -2.29. The third kappa shape index (κ3) is 4.97. The zero-order chi connectivity index (χ0) is 12.5. The van der Waals surface area contributed by atoms with Crippen molar-refractivity contribution in [3.8, 4) is 0 Å². The van der Waals surface area contributed by atoms with Gasteiger partial charge in [-0.1, -0.05) is 30.3 Å². The summed E-state index contributed by atoms with van der Waals surface area (Å²) in [5.74, 6) is 0.0217. The van der Waals surface area contributed by atoms with Crippen molar-refractivity contribution >= 4 is 5.91 Å². The summed E-state index contributed by atoms with van der Waals surface area (Å²) in [5.41, 5.74) is 6.41. The molecule has 1 rings (SSSR count). The van der Waals surface area contributed by atoms with E-state index in [4.69, 9.17) is 10.5 Å². The quantitative estimate of drug-likeness (QED) is 0.748. The van der Waals surface area contributed by atoms with E-state index in [-0.39, 0.29) is 12.0 Å². The lowest BCUT2D eigenvalue weighted by Gasteiger charge is -2.16. The van der Waals surface area contributed by atoms with Gasteiger partial charge in [-0.15, -0.1) is 0 Å². The first-order valence-corrected chi connectivity index (χ1v) is 5.82. The second-order valence-electron chi connectivity index (χ2n) is 3.83. The lowest BCUT2D eigenvalue weighted by atomic mass is 10.1. The molecule has 1 amide bonds. The Hall–Kier alpha value is -1.39. The number of carbonyl (C=O) groups excluding carboxylic acids is 1. The summed E-state index contributed by atoms with van der Waals surface area (Å²) < 4.78 is 5.35. The molecular weight excluding hydrogens is 216 g/mol. The highest BCUT2D eigenvalue weighted by Crippen LogP contribution is 2.14. The predicted octanol–water partition coefficient (Wildman–Crippen LogP) is 1.23. The Morgan fingerprint density at radius 3 is 2.71 bits per heavy atom. The summed E-state index contributed by atoms with van der Waals surface area (Å²) in [6.45, 7) is 1.03. The van der Waals surface area contributed by atoms with E-state index in [1.807, 2.05) is 30.3 Å². The van der Waals surface area contributed by atoms with Crippen LogP contribution in [0.15, 0.2) is 30.3 Å². The highest BCUT2D eigenvalue weighted by Gasteiger charge is 2.11. The van der Waals surface area contributed by atoms with Crippen LogP contribution in [0.25, 0.3) is 0 Å². The molecule has 0 aromatic heterocycles. The molecule has 1 aromatic carbocycles. The SMILES string of the molecule is COC(CNC(=O)CCCN)c1ccccc1. The number of carbonyl (C=O) groups is 1. The molecule has 1 unspecified atom stereocenters. The van der Waals surface area contributed by atoms with Crippen molar-refractivity contribution in [2.24, 2.45) is 5.73 Å². The van der Waals surface area contributed by atoms with Crippen molar-refractivity contribution in [1.29, 1.82) is 0 Å². The highest BCUT2D eigenvalue weighted by atomic mass is 16.5. The molecule has 0 aliphatic carbocycles. The van der Waals surface area contributed by atoms with E-state index < -0.39 is 0 Å². The molecule has 0 saturated carbocycles. The van der Waals surface area contributed by atoms with E-state index in [1.165, 1.54) is 0 Å². The average molecular weight is 236 g/mol. The van der Waals surface area contributed by atoms with Gasteiger partial charge in [0.2, 0.25) is 5.91 Å². The summed E-state index contributed by atoms with van der Waals surface area (Å²) in [7, 11) is 1.64. The fraction of sp³-hybridized carbons (Fsp3) is 0.462. The number of hydrogen-bond donors (Lipinski definition) is 2. The molecule has 0 spiro atoms. The minimum atomic E-state index is -0.0990. The molecule has 1 aromatic rings. The fourth-order valence-electron chi connectivity index (χ4n) is 1.56. The molecule has 0 saturated heterocycles. The van der Waals surface area contributed by atoms with E-state index in [2.05, 4.69) is 5.32 Å². The third-order valence-corrected chi connectivity index (χ3v) is 2.55. The van der Waals surface area contributed by atoms with Crippen LogP contribution in [0.1, 0.15) is 24.5 Å². The molecule has 4 nitrogen and oxygen atoms in total. The monoisotopic (exact) mass is 236 g/mol. The fourth-order valence-corrected chi connectivity index (χ4v) is 1.56. The van der Waals surface area contributed by atoms with Crippen molar-refractivity contribution in [2.75, 3.05) is 20.2 Å². The summed E-state index contributed by atoms with van der Waals surface area (Å²) in [5, 5.41) is 2.85. The first-order valence-electron chi connectivity index (χ1n) is 5.82. The third-order valence-electron chi connectivity index (χ3n) is 2.55. The van der Waals surface area contributed by atoms with Gasteiger partial charge in [0, 0.05) is 20.1 Å². The first kappa shape index (κ1) is 13.7. The maximum Gasteiger partial charge on any atom is 0.220 e. The number of ether oxygens (including phenoxy) is 1. The van der Waals surface area contributed by atoms with E-state index in [0.29, 0.717) is 19.5 Å². The van der Waals surface area contributed by atoms with Crippen molar-refractivity contribution in [3.05, 3.63) is 35.9 Å². The maximum atomic E-state index is 11.4. The zero-order valence-corrected chi connectivity index (χ0v) is 10.2. The number of benzene rings is 1. The van der Waals surface area contributed by atoms with E-state index >= 15 is 0 Å². The van der Waals surface area contributed by atoms with E-state index in [0.717, 1.165) is 12.0 Å². The Bertz CT molecular complexity index is 327. The van der Waals surface area contributed by atoms with Gasteiger partial charge in [0.25, 0.3) is 0 Å². The van der Waals surface area contributed by atoms with E-state index in [9.17, 15) is 4.79 Å². The van der Waals surface area contributed by atoms with Crippen LogP contribution < -0.4 is 11.1 Å². The van der Waals surface area contributed by atoms with Crippen LogP contribution in [0.5, 0.6) is 0 Å². The second kappa shape index (κ2) is 7.81. The Morgan fingerprint density at radius 2 is 2.12 bits per heavy atom. The van der Waals surface area contributed by atoms with Gasteiger partial charge in [0.15, 0.2) is 0 Å². The van der Waals surface area contributed by atoms with Crippen LogP contribution >= 0.6 is 0 Å². The van der Waals surface area contributed by atoms with Gasteiger partial charge in [-0.05, 0) is 18.5 Å². The van der Waals surface area contributed by atoms with Crippen LogP contribution in [0.2, 0.25) is 0 Å². The smallest absolute Gasteiger partial charge is 0.220 e. The first-order chi connectivity index (χ1) is 8.27. The minimum Gasteiger partial charge on any atom is -0.375 e. The Labute approximate surface area is 102 Å². The summed E-state index contributed by atoms with van der Waals surface area (Å²) >= 11 is 0. The number of amides is 1. The van der Waals surface area contributed by atoms with Gasteiger partial charge in [-0.2, -0.15) is 0 Å². The van der Waals surface area contributed by atoms with Crippen molar-refractivity contribution < 1.29 is 9.53 Å². The van der Waals surface area contributed by atoms with Gasteiger partial charge in [0.1, 0.15) is 0 Å².